The van der Waals surface area contributed by atoms with Gasteiger partial charge in [0, 0.05) is 17.1 Å². The van der Waals surface area contributed by atoms with Crippen LogP contribution in [0.2, 0.25) is 0 Å². The van der Waals surface area contributed by atoms with Gasteiger partial charge >= 0.3 is 0 Å². The molecule has 0 atom stereocenters. The number of pyridine rings is 1. The first-order valence-corrected chi connectivity index (χ1v) is 7.41. The molecule has 0 unspecified atom stereocenters. The predicted octanol–water partition coefficient (Wildman–Crippen LogP) is 3.20. The first kappa shape index (κ1) is 14.2. The molecule has 0 spiro atoms. The Hall–Kier alpha value is -3.41. The summed E-state index contributed by atoms with van der Waals surface area (Å²) < 4.78 is 7.05. The van der Waals surface area contributed by atoms with Gasteiger partial charge in [-0.15, -0.1) is 5.10 Å². The zero-order valence-electron chi connectivity index (χ0n) is 12.9. The van der Waals surface area contributed by atoms with Gasteiger partial charge in [-0.2, -0.15) is 0 Å². The van der Waals surface area contributed by atoms with Crippen molar-refractivity contribution in [3.63, 3.8) is 0 Å². The van der Waals surface area contributed by atoms with Crippen molar-refractivity contribution < 1.29 is 9.84 Å². The number of hydrogen-bond donors (Lipinski definition) is 1. The number of hydrogen-bond acceptors (Lipinski definition) is 5. The van der Waals surface area contributed by atoms with Crippen LogP contribution in [-0.4, -0.2) is 32.2 Å². The van der Waals surface area contributed by atoms with Crippen molar-refractivity contribution in [3.05, 3.63) is 60.9 Å². The maximum Gasteiger partial charge on any atom is 0.141 e. The van der Waals surface area contributed by atoms with Gasteiger partial charge < -0.3 is 9.84 Å². The monoisotopic (exact) mass is 318 g/mol. The van der Waals surface area contributed by atoms with Gasteiger partial charge in [0.2, 0.25) is 0 Å². The largest absolute Gasteiger partial charge is 0.506 e. The van der Waals surface area contributed by atoms with Crippen molar-refractivity contribution >= 4 is 10.9 Å². The Labute approximate surface area is 138 Å². The van der Waals surface area contributed by atoms with Crippen molar-refractivity contribution in [2.24, 2.45) is 0 Å². The van der Waals surface area contributed by atoms with Crippen LogP contribution in [0, 0.1) is 0 Å². The number of aromatic nitrogens is 4. The number of ether oxygens (including phenoxy) is 1. The van der Waals surface area contributed by atoms with Crippen LogP contribution in [0.5, 0.6) is 11.5 Å². The molecule has 118 valence electrons. The normalized spacial score (nSPS) is 10.9. The van der Waals surface area contributed by atoms with Gasteiger partial charge in [-0.25, -0.2) is 4.68 Å². The van der Waals surface area contributed by atoms with E-state index in [4.69, 9.17) is 4.74 Å². The van der Waals surface area contributed by atoms with E-state index in [2.05, 4.69) is 15.3 Å². The summed E-state index contributed by atoms with van der Waals surface area (Å²) in [5.74, 6) is 0.876. The number of phenolic OH excluding ortho intramolecular Hbond substituents is 1. The Morgan fingerprint density at radius 1 is 1.04 bits per heavy atom. The fraction of sp³-hybridized carbons (Fsp3) is 0.0556. The number of phenols is 1. The Bertz CT molecular complexity index is 1030. The van der Waals surface area contributed by atoms with E-state index in [0.717, 1.165) is 22.4 Å². The second-order valence-corrected chi connectivity index (χ2v) is 5.25. The highest BCUT2D eigenvalue weighted by Crippen LogP contribution is 2.30. The molecule has 0 saturated carbocycles. The molecule has 0 aliphatic heterocycles. The SMILES string of the molecule is COc1ccccc1-c1cn(-c2ccc(O)c3ncccc23)nn1. The van der Waals surface area contributed by atoms with E-state index >= 15 is 0 Å². The van der Waals surface area contributed by atoms with Crippen LogP contribution in [0.15, 0.2) is 60.9 Å². The van der Waals surface area contributed by atoms with Crippen molar-refractivity contribution in [1.29, 1.82) is 0 Å². The van der Waals surface area contributed by atoms with E-state index in [1.807, 2.05) is 42.6 Å². The number of aromatic hydroxyl groups is 1. The predicted molar refractivity (Wildman–Crippen MR) is 90.3 cm³/mol. The molecular weight excluding hydrogens is 304 g/mol. The second kappa shape index (κ2) is 5.66. The van der Waals surface area contributed by atoms with Crippen LogP contribution in [0.1, 0.15) is 0 Å². The van der Waals surface area contributed by atoms with E-state index in [1.54, 1.807) is 30.1 Å². The Morgan fingerprint density at radius 2 is 1.92 bits per heavy atom. The van der Waals surface area contributed by atoms with Crippen LogP contribution in [-0.2, 0) is 0 Å². The van der Waals surface area contributed by atoms with Gasteiger partial charge in [0.15, 0.2) is 0 Å². The molecule has 0 fully saturated rings. The Balaban J connectivity index is 1.86. The summed E-state index contributed by atoms with van der Waals surface area (Å²) in [5.41, 5.74) is 2.90. The Kier molecular flexibility index (Phi) is 3.35. The molecule has 2 heterocycles. The lowest BCUT2D eigenvalue weighted by Gasteiger charge is -2.06. The molecule has 24 heavy (non-hydrogen) atoms. The molecule has 4 aromatic rings. The van der Waals surface area contributed by atoms with E-state index in [-0.39, 0.29) is 5.75 Å². The van der Waals surface area contributed by atoms with Crippen molar-refractivity contribution in [1.82, 2.24) is 20.0 Å². The van der Waals surface area contributed by atoms with Crippen LogP contribution in [0.25, 0.3) is 27.8 Å². The summed E-state index contributed by atoms with van der Waals surface area (Å²) in [6.07, 6.45) is 3.48. The minimum atomic E-state index is 0.138. The second-order valence-electron chi connectivity index (χ2n) is 5.25. The first-order valence-electron chi connectivity index (χ1n) is 7.41. The maximum atomic E-state index is 9.97. The molecule has 0 bridgehead atoms. The van der Waals surface area contributed by atoms with E-state index < -0.39 is 0 Å². The van der Waals surface area contributed by atoms with Gasteiger partial charge in [0.25, 0.3) is 0 Å². The maximum absolute atomic E-state index is 9.97. The molecule has 1 N–H and O–H groups in total. The summed E-state index contributed by atoms with van der Waals surface area (Å²) in [6, 6.07) is 14.8. The third-order valence-corrected chi connectivity index (χ3v) is 3.85. The third kappa shape index (κ3) is 2.25. The number of methoxy groups -OCH3 is 1. The minimum Gasteiger partial charge on any atom is -0.506 e. The van der Waals surface area contributed by atoms with Crippen LogP contribution in [0.4, 0.5) is 0 Å². The van der Waals surface area contributed by atoms with Gasteiger partial charge in [-0.05, 0) is 36.4 Å². The molecule has 2 aromatic carbocycles. The molecule has 0 radical (unpaired) electrons. The van der Waals surface area contributed by atoms with Gasteiger partial charge in [-0.1, -0.05) is 17.3 Å². The van der Waals surface area contributed by atoms with Crippen LogP contribution < -0.4 is 4.74 Å². The summed E-state index contributed by atoms with van der Waals surface area (Å²) >= 11 is 0. The molecule has 6 nitrogen and oxygen atoms in total. The zero-order valence-corrected chi connectivity index (χ0v) is 12.9. The zero-order chi connectivity index (χ0) is 16.5. The highest BCUT2D eigenvalue weighted by molar-refractivity contribution is 5.91. The van der Waals surface area contributed by atoms with E-state index in [9.17, 15) is 5.11 Å². The summed E-state index contributed by atoms with van der Waals surface area (Å²) in [6.45, 7) is 0. The number of para-hydroxylation sites is 1. The van der Waals surface area contributed by atoms with Crippen molar-refractivity contribution in [2.45, 2.75) is 0 Å². The highest BCUT2D eigenvalue weighted by atomic mass is 16.5. The quantitative estimate of drug-likeness (QED) is 0.628. The van der Waals surface area contributed by atoms with Crippen LogP contribution >= 0.6 is 0 Å². The van der Waals surface area contributed by atoms with Crippen LogP contribution in [0.3, 0.4) is 0 Å². The molecular formula is C18H14N4O2. The molecule has 6 heteroatoms. The summed E-state index contributed by atoms with van der Waals surface area (Å²) in [4.78, 5) is 4.23. The van der Waals surface area contributed by atoms with Crippen molar-refractivity contribution in [3.8, 4) is 28.4 Å². The number of fused-ring (bicyclic) bond motifs is 1. The van der Waals surface area contributed by atoms with Gasteiger partial charge in [0.05, 0.1) is 19.0 Å². The highest BCUT2D eigenvalue weighted by Gasteiger charge is 2.13. The van der Waals surface area contributed by atoms with E-state index in [0.29, 0.717) is 11.2 Å². The first-order chi connectivity index (χ1) is 11.8. The fourth-order valence-electron chi connectivity index (χ4n) is 2.70. The number of benzene rings is 2. The number of rotatable bonds is 3. The molecule has 0 aliphatic rings. The Morgan fingerprint density at radius 3 is 2.79 bits per heavy atom. The van der Waals surface area contributed by atoms with Gasteiger partial charge in [0.1, 0.15) is 22.7 Å². The molecule has 0 aliphatic carbocycles. The molecule has 0 saturated heterocycles. The average Bonchev–Trinajstić information content (AvgIpc) is 3.12. The smallest absolute Gasteiger partial charge is 0.141 e. The molecule has 2 aromatic heterocycles. The molecule has 4 rings (SSSR count). The third-order valence-electron chi connectivity index (χ3n) is 3.85. The lowest BCUT2D eigenvalue weighted by molar-refractivity contribution is 0.416. The lowest BCUT2D eigenvalue weighted by Crippen LogP contribution is -1.96. The average molecular weight is 318 g/mol. The van der Waals surface area contributed by atoms with Crippen molar-refractivity contribution in [2.75, 3.05) is 7.11 Å². The number of nitrogens with zero attached hydrogens (tertiary/aromatic N) is 4. The van der Waals surface area contributed by atoms with E-state index in [1.165, 1.54) is 0 Å². The topological polar surface area (TPSA) is 73.1 Å². The minimum absolute atomic E-state index is 0.138. The van der Waals surface area contributed by atoms with Gasteiger partial charge in [-0.3, -0.25) is 4.98 Å². The molecule has 0 amide bonds. The fourth-order valence-corrected chi connectivity index (χ4v) is 2.70. The summed E-state index contributed by atoms with van der Waals surface area (Å²) in [7, 11) is 1.63. The summed E-state index contributed by atoms with van der Waals surface area (Å²) in [5, 5.41) is 19.2. The standard InChI is InChI=1S/C18H14N4O2/c1-24-17-7-3-2-5-12(17)14-11-22(21-20-14)15-8-9-16(23)18-13(15)6-4-10-19-18/h2-11,23H,1H3. The lowest BCUT2D eigenvalue weighted by atomic mass is 10.1.